The average molecular weight is 254 g/mol. The number of likely N-dealkylation sites (tertiary alicyclic amines) is 1. The Morgan fingerprint density at radius 2 is 1.78 bits per heavy atom. The average Bonchev–Trinajstić information content (AvgIpc) is 2.38. The minimum atomic E-state index is -0.0537. The van der Waals surface area contributed by atoms with Crippen LogP contribution in [0.3, 0.4) is 0 Å². The van der Waals surface area contributed by atoms with E-state index < -0.39 is 0 Å². The third-order valence-corrected chi connectivity index (χ3v) is 4.80. The Bertz CT molecular complexity index is 237. The molecule has 2 atom stereocenters. The molecule has 18 heavy (non-hydrogen) atoms. The van der Waals surface area contributed by atoms with E-state index >= 15 is 0 Å². The zero-order valence-corrected chi connectivity index (χ0v) is 12.1. The van der Waals surface area contributed by atoms with Crippen LogP contribution < -0.4 is 5.32 Å². The van der Waals surface area contributed by atoms with E-state index in [4.69, 9.17) is 0 Å². The molecule has 3 heteroatoms. The van der Waals surface area contributed by atoms with Gasteiger partial charge in [0.1, 0.15) is 0 Å². The van der Waals surface area contributed by atoms with E-state index in [0.717, 1.165) is 13.0 Å². The monoisotopic (exact) mass is 254 g/mol. The van der Waals surface area contributed by atoms with E-state index in [0.29, 0.717) is 18.0 Å². The Balaban J connectivity index is 1.65. The first-order valence-corrected chi connectivity index (χ1v) is 7.82. The molecular formula is C15H30N2O. The molecule has 0 aromatic rings. The summed E-state index contributed by atoms with van der Waals surface area (Å²) in [5.41, 5.74) is 0. The van der Waals surface area contributed by atoms with E-state index in [1.54, 1.807) is 0 Å². The maximum Gasteiger partial charge on any atom is 0.0580 e. The van der Waals surface area contributed by atoms with Gasteiger partial charge < -0.3 is 15.3 Å². The van der Waals surface area contributed by atoms with E-state index in [-0.39, 0.29) is 6.10 Å². The van der Waals surface area contributed by atoms with E-state index in [1.165, 1.54) is 45.2 Å². The van der Waals surface area contributed by atoms with Crippen LogP contribution in [0.25, 0.3) is 0 Å². The fourth-order valence-electron chi connectivity index (χ4n) is 3.36. The molecule has 0 aromatic carbocycles. The molecule has 0 bridgehead atoms. The number of nitrogens with zero attached hydrogens (tertiary/aromatic N) is 1. The second-order valence-electron chi connectivity index (χ2n) is 6.42. The molecule has 2 fully saturated rings. The lowest BCUT2D eigenvalue weighted by Gasteiger charge is -2.36. The van der Waals surface area contributed by atoms with Gasteiger partial charge in [0.2, 0.25) is 0 Å². The van der Waals surface area contributed by atoms with Crippen molar-refractivity contribution < 1.29 is 5.11 Å². The largest absolute Gasteiger partial charge is 0.393 e. The molecule has 1 aliphatic carbocycles. The molecule has 0 spiro atoms. The highest BCUT2D eigenvalue weighted by Crippen LogP contribution is 2.24. The lowest BCUT2D eigenvalue weighted by Crippen LogP contribution is -2.47. The van der Waals surface area contributed by atoms with Gasteiger partial charge in [0.05, 0.1) is 6.10 Å². The highest BCUT2D eigenvalue weighted by atomic mass is 16.3. The lowest BCUT2D eigenvalue weighted by atomic mass is 9.86. The van der Waals surface area contributed by atoms with Crippen LogP contribution in [-0.4, -0.2) is 47.8 Å². The number of hydrogen-bond donors (Lipinski definition) is 2. The van der Waals surface area contributed by atoms with Gasteiger partial charge in [0.25, 0.3) is 0 Å². The van der Waals surface area contributed by atoms with Crippen molar-refractivity contribution in [3.8, 4) is 0 Å². The fraction of sp³-hybridized carbons (Fsp3) is 1.00. The quantitative estimate of drug-likeness (QED) is 0.805. The van der Waals surface area contributed by atoms with Gasteiger partial charge in [-0.05, 0) is 58.5 Å². The third kappa shape index (κ3) is 3.94. The molecule has 0 aromatic heterocycles. The van der Waals surface area contributed by atoms with Crippen molar-refractivity contribution in [3.05, 3.63) is 0 Å². The van der Waals surface area contributed by atoms with Crippen molar-refractivity contribution in [2.45, 2.75) is 70.6 Å². The molecule has 3 nitrogen and oxygen atoms in total. The highest BCUT2D eigenvalue weighted by Gasteiger charge is 2.25. The van der Waals surface area contributed by atoms with Crippen LogP contribution in [-0.2, 0) is 0 Å². The Kier molecular flexibility index (Phi) is 5.46. The maximum atomic E-state index is 9.97. The molecule has 2 unspecified atom stereocenters. The summed E-state index contributed by atoms with van der Waals surface area (Å²) < 4.78 is 0. The van der Waals surface area contributed by atoms with Crippen molar-refractivity contribution >= 4 is 0 Å². The minimum absolute atomic E-state index is 0.0537. The molecule has 0 amide bonds. The third-order valence-electron chi connectivity index (χ3n) is 4.80. The predicted octanol–water partition coefficient (Wildman–Crippen LogP) is 2.00. The summed E-state index contributed by atoms with van der Waals surface area (Å²) in [5.74, 6) is 0.502. The number of nitrogens with one attached hydrogen (secondary N) is 1. The number of aliphatic hydroxyl groups excluding tert-OH is 1. The van der Waals surface area contributed by atoms with Crippen LogP contribution in [0.5, 0.6) is 0 Å². The van der Waals surface area contributed by atoms with Gasteiger partial charge >= 0.3 is 0 Å². The van der Waals surface area contributed by atoms with E-state index in [2.05, 4.69) is 24.1 Å². The highest BCUT2D eigenvalue weighted by molar-refractivity contribution is 4.82. The number of aliphatic hydroxyl groups is 1. The first-order valence-electron chi connectivity index (χ1n) is 7.82. The van der Waals surface area contributed by atoms with Crippen LogP contribution in [0.2, 0.25) is 0 Å². The van der Waals surface area contributed by atoms with Crippen LogP contribution in [0.15, 0.2) is 0 Å². The molecule has 1 saturated carbocycles. The van der Waals surface area contributed by atoms with Crippen LogP contribution in [0.4, 0.5) is 0 Å². The van der Waals surface area contributed by atoms with E-state index in [9.17, 15) is 5.11 Å². The van der Waals surface area contributed by atoms with E-state index in [1.807, 2.05) is 0 Å². The molecule has 1 aliphatic heterocycles. The molecule has 0 radical (unpaired) electrons. The summed E-state index contributed by atoms with van der Waals surface area (Å²) in [5, 5.41) is 13.7. The Morgan fingerprint density at radius 3 is 2.39 bits per heavy atom. The fourth-order valence-corrected chi connectivity index (χ4v) is 3.36. The van der Waals surface area contributed by atoms with Crippen LogP contribution in [0.1, 0.15) is 52.4 Å². The molecule has 2 aliphatic rings. The minimum Gasteiger partial charge on any atom is -0.393 e. The lowest BCUT2D eigenvalue weighted by molar-refractivity contribution is 0.0653. The van der Waals surface area contributed by atoms with Crippen molar-refractivity contribution in [2.75, 3.05) is 19.6 Å². The second kappa shape index (κ2) is 6.88. The summed E-state index contributed by atoms with van der Waals surface area (Å²) in [4.78, 5) is 2.56. The zero-order chi connectivity index (χ0) is 13.0. The first-order chi connectivity index (χ1) is 8.66. The van der Waals surface area contributed by atoms with Crippen molar-refractivity contribution in [3.63, 3.8) is 0 Å². The van der Waals surface area contributed by atoms with Gasteiger partial charge in [-0.15, -0.1) is 0 Å². The van der Waals surface area contributed by atoms with Gasteiger partial charge in [-0.3, -0.25) is 0 Å². The van der Waals surface area contributed by atoms with Gasteiger partial charge in [0, 0.05) is 18.6 Å². The van der Waals surface area contributed by atoms with Crippen molar-refractivity contribution in [1.29, 1.82) is 0 Å². The predicted molar refractivity (Wildman–Crippen MR) is 75.7 cm³/mol. The number of hydrogen-bond acceptors (Lipinski definition) is 3. The van der Waals surface area contributed by atoms with Gasteiger partial charge in [-0.1, -0.05) is 12.8 Å². The SMILES string of the molecule is CC(C)N1CCC(NCC2CCCCC2O)CC1. The first kappa shape index (κ1) is 14.3. The number of rotatable bonds is 4. The Hall–Kier alpha value is -0.120. The molecule has 2 N–H and O–H groups in total. The Labute approximate surface area is 112 Å². The van der Waals surface area contributed by atoms with Crippen molar-refractivity contribution in [1.82, 2.24) is 10.2 Å². The topological polar surface area (TPSA) is 35.5 Å². The van der Waals surface area contributed by atoms with Crippen molar-refractivity contribution in [2.24, 2.45) is 5.92 Å². The molecule has 1 heterocycles. The van der Waals surface area contributed by atoms with Gasteiger partial charge in [0.15, 0.2) is 0 Å². The summed E-state index contributed by atoms with van der Waals surface area (Å²) in [6.45, 7) is 8.04. The molecule has 1 saturated heterocycles. The van der Waals surface area contributed by atoms with Crippen LogP contribution >= 0.6 is 0 Å². The Morgan fingerprint density at radius 1 is 1.11 bits per heavy atom. The van der Waals surface area contributed by atoms with Crippen LogP contribution in [0, 0.1) is 5.92 Å². The summed E-state index contributed by atoms with van der Waals surface area (Å²) in [7, 11) is 0. The summed E-state index contributed by atoms with van der Waals surface area (Å²) in [6.07, 6.45) is 7.21. The maximum absolute atomic E-state index is 9.97. The standard InChI is InChI=1S/C15H30N2O/c1-12(2)17-9-7-14(8-10-17)16-11-13-5-3-4-6-15(13)18/h12-16,18H,3-11H2,1-2H3. The second-order valence-corrected chi connectivity index (χ2v) is 6.42. The molecule has 106 valence electrons. The molecular weight excluding hydrogens is 224 g/mol. The zero-order valence-electron chi connectivity index (χ0n) is 12.1. The normalized spacial score (nSPS) is 32.0. The van der Waals surface area contributed by atoms with Gasteiger partial charge in [-0.2, -0.15) is 0 Å². The summed E-state index contributed by atoms with van der Waals surface area (Å²) in [6, 6.07) is 1.36. The van der Waals surface area contributed by atoms with Gasteiger partial charge in [-0.25, -0.2) is 0 Å². The summed E-state index contributed by atoms with van der Waals surface area (Å²) >= 11 is 0. The smallest absolute Gasteiger partial charge is 0.0580 e. The molecule has 2 rings (SSSR count). The number of piperidine rings is 1.